The number of nitrogens with one attached hydrogen (secondary N) is 2. The van der Waals surface area contributed by atoms with Gasteiger partial charge in [0.25, 0.3) is 11.8 Å². The van der Waals surface area contributed by atoms with Gasteiger partial charge in [0.05, 0.1) is 23.5 Å². The average Bonchev–Trinajstić information content (AvgIpc) is 2.96. The molecule has 0 aromatic heterocycles. The van der Waals surface area contributed by atoms with Crippen LogP contribution in [0.5, 0.6) is 0 Å². The number of rotatable bonds is 7. The normalized spacial score (nSPS) is 17.2. The monoisotopic (exact) mass is 508 g/mol. The van der Waals surface area contributed by atoms with Crippen LogP contribution < -0.4 is 20.4 Å². The second-order valence-corrected chi connectivity index (χ2v) is 8.69. The van der Waals surface area contributed by atoms with Gasteiger partial charge in [-0.2, -0.15) is 0 Å². The maximum Gasteiger partial charge on any atom is 0.264 e. The van der Waals surface area contributed by atoms with Gasteiger partial charge in [0, 0.05) is 25.3 Å². The molecule has 1 aliphatic heterocycles. The Morgan fingerprint density at radius 3 is 2.19 bits per heavy atom. The summed E-state index contributed by atoms with van der Waals surface area (Å²) in [7, 11) is 1.53. The molecule has 3 amide bonds. The van der Waals surface area contributed by atoms with Crippen LogP contribution in [-0.4, -0.2) is 48.5 Å². The van der Waals surface area contributed by atoms with E-state index in [9.17, 15) is 28.3 Å². The third-order valence-electron chi connectivity index (χ3n) is 6.11. The van der Waals surface area contributed by atoms with Crippen LogP contribution in [0.3, 0.4) is 0 Å². The number of carbonyl (C=O) groups excluding carboxylic acids is 3. The average molecular weight is 509 g/mol. The third-order valence-corrected chi connectivity index (χ3v) is 6.11. The lowest BCUT2D eigenvalue weighted by Crippen LogP contribution is -2.57. The molecule has 1 heterocycles. The van der Waals surface area contributed by atoms with Gasteiger partial charge >= 0.3 is 0 Å². The molecule has 192 valence electrons. The summed E-state index contributed by atoms with van der Waals surface area (Å²) < 4.78 is 26.9. The minimum atomic E-state index is -1.52. The molecule has 0 unspecified atom stereocenters. The number of hydrogen-bond acceptors (Lipinski definition) is 5. The number of carbonyl (C=O) groups is 3. The molecular formula is C27H26F2N4O4. The van der Waals surface area contributed by atoms with Gasteiger partial charge in [-0.3, -0.25) is 19.3 Å². The third kappa shape index (κ3) is 5.50. The van der Waals surface area contributed by atoms with E-state index in [1.165, 1.54) is 23.8 Å². The fraction of sp³-hybridized carbons (Fsp3) is 0.222. The number of aliphatic hydroxyl groups excluding tert-OH is 1. The van der Waals surface area contributed by atoms with Crippen molar-refractivity contribution in [2.75, 3.05) is 23.4 Å². The number of benzene rings is 3. The second-order valence-electron chi connectivity index (χ2n) is 8.69. The molecule has 37 heavy (non-hydrogen) atoms. The summed E-state index contributed by atoms with van der Waals surface area (Å²) in [6, 6.07) is 15.9. The van der Waals surface area contributed by atoms with Crippen molar-refractivity contribution in [3.63, 3.8) is 0 Å². The van der Waals surface area contributed by atoms with Gasteiger partial charge in [-0.1, -0.05) is 30.3 Å². The molecule has 3 aromatic rings. The largest absolute Gasteiger partial charge is 0.387 e. The first-order valence-corrected chi connectivity index (χ1v) is 11.6. The van der Waals surface area contributed by atoms with Crippen molar-refractivity contribution in [2.24, 2.45) is 0 Å². The number of fused-ring (bicyclic) bond motifs is 1. The Bertz CT molecular complexity index is 1300. The number of hydrogen-bond donors (Lipinski definition) is 3. The van der Waals surface area contributed by atoms with Crippen LogP contribution in [0, 0.1) is 11.6 Å². The highest BCUT2D eigenvalue weighted by Crippen LogP contribution is 2.37. The highest BCUT2D eigenvalue weighted by Gasteiger charge is 2.41. The molecule has 0 saturated carbocycles. The fourth-order valence-electron chi connectivity index (χ4n) is 4.10. The molecule has 0 saturated heterocycles. The second kappa shape index (κ2) is 10.9. The Morgan fingerprint density at radius 2 is 1.54 bits per heavy atom. The highest BCUT2D eigenvalue weighted by atomic mass is 19.1. The SMILES string of the molecule is C[C@H](NC[C@H](O)c1cc(F)cc(F)c1)C(=O)N[C@H]1C(=O)N(C)c2ccccc2N(c2ccccc2)C1=O. The van der Waals surface area contributed by atoms with Gasteiger partial charge in [0.2, 0.25) is 5.91 Å². The predicted molar refractivity (Wildman–Crippen MR) is 134 cm³/mol. The lowest BCUT2D eigenvalue weighted by atomic mass is 10.1. The molecule has 3 N–H and O–H groups in total. The van der Waals surface area contributed by atoms with Gasteiger partial charge < -0.3 is 20.6 Å². The van der Waals surface area contributed by atoms with Crippen LogP contribution in [0.1, 0.15) is 18.6 Å². The number of likely N-dealkylation sites (N-methyl/N-ethyl adjacent to an activating group) is 1. The van der Waals surface area contributed by atoms with Gasteiger partial charge in [-0.05, 0) is 48.9 Å². The van der Waals surface area contributed by atoms with Crippen LogP contribution in [0.2, 0.25) is 0 Å². The first-order chi connectivity index (χ1) is 17.7. The van der Waals surface area contributed by atoms with Gasteiger partial charge in [0.1, 0.15) is 11.6 Å². The highest BCUT2D eigenvalue weighted by molar-refractivity contribution is 6.23. The van der Waals surface area contributed by atoms with Crippen molar-refractivity contribution in [3.8, 4) is 0 Å². The molecule has 0 aliphatic carbocycles. The summed E-state index contributed by atoms with van der Waals surface area (Å²) in [4.78, 5) is 42.7. The van der Waals surface area contributed by atoms with E-state index in [4.69, 9.17) is 0 Å². The van der Waals surface area contributed by atoms with Crippen molar-refractivity contribution < 1.29 is 28.3 Å². The summed E-state index contributed by atoms with van der Waals surface area (Å²) >= 11 is 0. The minimum absolute atomic E-state index is 0.00428. The summed E-state index contributed by atoms with van der Waals surface area (Å²) in [5.41, 5.74) is 1.52. The van der Waals surface area contributed by atoms with Gasteiger partial charge in [-0.15, -0.1) is 0 Å². The molecule has 3 atom stereocenters. The van der Waals surface area contributed by atoms with E-state index in [0.717, 1.165) is 12.1 Å². The zero-order valence-corrected chi connectivity index (χ0v) is 20.2. The summed E-state index contributed by atoms with van der Waals surface area (Å²) in [6.07, 6.45) is -1.30. The van der Waals surface area contributed by atoms with Crippen LogP contribution in [0.15, 0.2) is 72.8 Å². The Kier molecular flexibility index (Phi) is 7.61. The molecule has 1 aliphatic rings. The number of amides is 3. The molecule has 0 spiro atoms. The minimum Gasteiger partial charge on any atom is -0.387 e. The zero-order chi connectivity index (χ0) is 26.7. The van der Waals surface area contributed by atoms with E-state index in [0.29, 0.717) is 23.1 Å². The Labute approximate surface area is 212 Å². The zero-order valence-electron chi connectivity index (χ0n) is 20.2. The Balaban J connectivity index is 1.52. The van der Waals surface area contributed by atoms with E-state index < -0.39 is 47.5 Å². The molecule has 0 fully saturated rings. The van der Waals surface area contributed by atoms with E-state index in [1.807, 2.05) is 0 Å². The first kappa shape index (κ1) is 25.9. The molecular weight excluding hydrogens is 482 g/mol. The fourth-order valence-corrected chi connectivity index (χ4v) is 4.10. The van der Waals surface area contributed by atoms with Crippen LogP contribution >= 0.6 is 0 Å². The maximum absolute atomic E-state index is 13.7. The number of para-hydroxylation sites is 3. The van der Waals surface area contributed by atoms with Gasteiger partial charge in [0.15, 0.2) is 6.04 Å². The smallest absolute Gasteiger partial charge is 0.264 e. The number of nitrogens with zero attached hydrogens (tertiary/aromatic N) is 2. The quantitative estimate of drug-likeness (QED) is 0.426. The molecule has 10 heteroatoms. The first-order valence-electron chi connectivity index (χ1n) is 11.6. The molecule has 4 rings (SSSR count). The van der Waals surface area contributed by atoms with Crippen molar-refractivity contribution in [1.82, 2.24) is 10.6 Å². The van der Waals surface area contributed by atoms with Gasteiger partial charge in [-0.25, -0.2) is 8.78 Å². The lowest BCUT2D eigenvalue weighted by Gasteiger charge is -2.25. The number of anilines is 3. The summed E-state index contributed by atoms with van der Waals surface area (Å²) in [6.45, 7) is 1.28. The standard InChI is InChI=1S/C27H26F2N4O4/c1-16(30-15-23(34)17-12-18(28)14-19(29)13-17)25(35)31-24-26(36)32(2)21-10-6-7-11-22(21)33(27(24)37)20-8-4-3-5-9-20/h3-14,16,23-24,30,34H,15H2,1-2H3,(H,31,35)/t16-,23-,24-/m0/s1. The van der Waals surface area contributed by atoms with E-state index in [-0.39, 0.29) is 12.1 Å². The maximum atomic E-state index is 13.7. The summed E-state index contributed by atoms with van der Waals surface area (Å²) in [5, 5.41) is 15.6. The Hall–Kier alpha value is -4.15. The summed E-state index contributed by atoms with van der Waals surface area (Å²) in [5.74, 6) is -3.59. The molecule has 3 aromatic carbocycles. The van der Waals surface area contributed by atoms with E-state index in [1.54, 1.807) is 54.6 Å². The molecule has 0 radical (unpaired) electrons. The van der Waals surface area contributed by atoms with Crippen molar-refractivity contribution in [3.05, 3.63) is 90.0 Å². The number of halogens is 2. The molecule has 0 bridgehead atoms. The molecule has 8 nitrogen and oxygen atoms in total. The van der Waals surface area contributed by atoms with Crippen molar-refractivity contribution in [2.45, 2.75) is 25.1 Å². The Morgan fingerprint density at radius 1 is 0.946 bits per heavy atom. The number of aliphatic hydroxyl groups is 1. The van der Waals surface area contributed by atoms with Crippen molar-refractivity contribution >= 4 is 34.8 Å². The topological polar surface area (TPSA) is 102 Å². The van der Waals surface area contributed by atoms with Crippen LogP contribution in [-0.2, 0) is 14.4 Å². The van der Waals surface area contributed by atoms with Crippen molar-refractivity contribution in [1.29, 1.82) is 0 Å². The predicted octanol–water partition coefficient (Wildman–Crippen LogP) is 2.80. The van der Waals surface area contributed by atoms with E-state index in [2.05, 4.69) is 10.6 Å². The van der Waals surface area contributed by atoms with Crippen LogP contribution in [0.25, 0.3) is 0 Å². The van der Waals surface area contributed by atoms with Crippen LogP contribution in [0.4, 0.5) is 25.8 Å². The van der Waals surface area contributed by atoms with E-state index >= 15 is 0 Å². The lowest BCUT2D eigenvalue weighted by molar-refractivity contribution is -0.134.